The highest BCUT2D eigenvalue weighted by Gasteiger charge is 2.35. The zero-order valence-corrected chi connectivity index (χ0v) is 9.15. The third kappa shape index (κ3) is 1.57. The predicted molar refractivity (Wildman–Crippen MR) is 59.9 cm³/mol. The van der Waals surface area contributed by atoms with Gasteiger partial charge in [-0.3, -0.25) is 0 Å². The summed E-state index contributed by atoms with van der Waals surface area (Å²) < 4.78 is 4.56. The number of benzene rings is 1. The number of hydrogen-bond acceptors (Lipinski definition) is 3. The monoisotopic (exact) mass is 219 g/mol. The Labute approximate surface area is 92.9 Å². The van der Waals surface area contributed by atoms with Crippen molar-refractivity contribution in [3.05, 3.63) is 36.0 Å². The Bertz CT molecular complexity index is 495. The molecular formula is C12H13NO3. The first-order valence-corrected chi connectivity index (χ1v) is 4.94. The van der Waals surface area contributed by atoms with E-state index in [1.807, 2.05) is 24.3 Å². The van der Waals surface area contributed by atoms with Crippen molar-refractivity contribution in [2.75, 3.05) is 7.11 Å². The van der Waals surface area contributed by atoms with E-state index in [-0.39, 0.29) is 0 Å². The molecule has 0 amide bonds. The van der Waals surface area contributed by atoms with Crippen molar-refractivity contribution in [3.63, 3.8) is 0 Å². The Balaban J connectivity index is 2.51. The number of para-hydroxylation sites is 1. The summed E-state index contributed by atoms with van der Waals surface area (Å²) in [6.07, 6.45) is 0. The quantitative estimate of drug-likeness (QED) is 0.753. The van der Waals surface area contributed by atoms with E-state index in [1.165, 1.54) is 14.0 Å². The molecular weight excluding hydrogens is 206 g/mol. The molecule has 0 radical (unpaired) electrons. The first-order valence-electron chi connectivity index (χ1n) is 4.94. The van der Waals surface area contributed by atoms with Crippen LogP contribution in [0.3, 0.4) is 0 Å². The van der Waals surface area contributed by atoms with E-state index < -0.39 is 11.6 Å². The fourth-order valence-electron chi connectivity index (χ4n) is 1.64. The highest BCUT2D eigenvalue weighted by atomic mass is 16.5. The van der Waals surface area contributed by atoms with Crippen LogP contribution in [-0.4, -0.2) is 23.2 Å². The van der Waals surface area contributed by atoms with Crippen LogP contribution >= 0.6 is 0 Å². The van der Waals surface area contributed by atoms with Crippen molar-refractivity contribution in [2.45, 2.75) is 12.5 Å². The van der Waals surface area contributed by atoms with Crippen LogP contribution in [0.25, 0.3) is 10.9 Å². The van der Waals surface area contributed by atoms with Crippen LogP contribution in [0, 0.1) is 0 Å². The van der Waals surface area contributed by atoms with E-state index >= 15 is 0 Å². The van der Waals surface area contributed by atoms with Crippen molar-refractivity contribution in [1.29, 1.82) is 0 Å². The fraction of sp³-hybridized carbons (Fsp3) is 0.250. The second-order valence-corrected chi connectivity index (χ2v) is 3.83. The maximum absolute atomic E-state index is 11.4. The average Bonchev–Trinajstić information content (AvgIpc) is 2.72. The molecule has 4 nitrogen and oxygen atoms in total. The predicted octanol–water partition coefficient (Wildman–Crippen LogP) is 1.55. The van der Waals surface area contributed by atoms with Crippen molar-refractivity contribution >= 4 is 16.9 Å². The molecule has 0 spiro atoms. The lowest BCUT2D eigenvalue weighted by Crippen LogP contribution is -2.33. The van der Waals surface area contributed by atoms with Crippen molar-refractivity contribution < 1.29 is 14.6 Å². The number of hydrogen-bond donors (Lipinski definition) is 2. The molecule has 0 aliphatic rings. The Morgan fingerprint density at radius 2 is 2.12 bits per heavy atom. The summed E-state index contributed by atoms with van der Waals surface area (Å²) in [6.45, 7) is 1.41. The Morgan fingerprint density at radius 1 is 1.44 bits per heavy atom. The molecule has 1 aromatic heterocycles. The molecule has 2 rings (SSSR count). The molecule has 0 saturated carbocycles. The number of carbonyl (C=O) groups is 1. The second-order valence-electron chi connectivity index (χ2n) is 3.83. The largest absolute Gasteiger partial charge is 0.467 e. The third-order valence-corrected chi connectivity index (χ3v) is 2.64. The first kappa shape index (κ1) is 10.7. The molecule has 1 heterocycles. The van der Waals surface area contributed by atoms with E-state index in [0.717, 1.165) is 10.9 Å². The number of aromatic amines is 1. The maximum Gasteiger partial charge on any atom is 0.343 e. The molecule has 0 fully saturated rings. The summed E-state index contributed by atoms with van der Waals surface area (Å²) in [4.78, 5) is 14.4. The maximum atomic E-state index is 11.4. The van der Waals surface area contributed by atoms with Crippen LogP contribution in [0.15, 0.2) is 30.3 Å². The van der Waals surface area contributed by atoms with E-state index in [2.05, 4.69) is 9.72 Å². The highest BCUT2D eigenvalue weighted by molar-refractivity contribution is 5.85. The highest BCUT2D eigenvalue weighted by Crippen LogP contribution is 2.25. The van der Waals surface area contributed by atoms with Crippen LogP contribution < -0.4 is 0 Å². The number of aromatic nitrogens is 1. The number of nitrogens with one attached hydrogen (secondary N) is 1. The molecule has 0 bridgehead atoms. The standard InChI is InChI=1S/C12H13NO3/c1-12(15,11(14)16-2)10-7-8-5-3-4-6-9(8)13-10/h3-7,13,15H,1-2H3. The van der Waals surface area contributed by atoms with Crippen molar-refractivity contribution in [2.24, 2.45) is 0 Å². The molecule has 84 valence electrons. The van der Waals surface area contributed by atoms with Gasteiger partial charge in [0, 0.05) is 5.52 Å². The first-order chi connectivity index (χ1) is 7.55. The van der Waals surface area contributed by atoms with Crippen LogP contribution in [0.2, 0.25) is 0 Å². The molecule has 0 aliphatic carbocycles. The fourth-order valence-corrected chi connectivity index (χ4v) is 1.64. The molecule has 1 aromatic carbocycles. The van der Waals surface area contributed by atoms with Gasteiger partial charge in [0.05, 0.1) is 12.8 Å². The average molecular weight is 219 g/mol. The summed E-state index contributed by atoms with van der Waals surface area (Å²) >= 11 is 0. The molecule has 16 heavy (non-hydrogen) atoms. The van der Waals surface area contributed by atoms with Gasteiger partial charge in [0.15, 0.2) is 5.60 Å². The van der Waals surface area contributed by atoms with E-state index in [0.29, 0.717) is 5.69 Å². The number of fused-ring (bicyclic) bond motifs is 1. The SMILES string of the molecule is COC(=O)C(C)(O)c1cc2ccccc2[nH]1. The van der Waals surface area contributed by atoms with Crippen LogP contribution in [0.1, 0.15) is 12.6 Å². The lowest BCUT2D eigenvalue weighted by Gasteiger charge is -2.18. The molecule has 4 heteroatoms. The molecule has 0 saturated heterocycles. The number of methoxy groups -OCH3 is 1. The van der Waals surface area contributed by atoms with E-state index in [1.54, 1.807) is 6.07 Å². The number of rotatable bonds is 2. The van der Waals surface area contributed by atoms with Gasteiger partial charge in [0.2, 0.25) is 0 Å². The second kappa shape index (κ2) is 3.64. The number of carbonyl (C=O) groups excluding carboxylic acids is 1. The van der Waals surface area contributed by atoms with Gasteiger partial charge < -0.3 is 14.8 Å². The number of esters is 1. The molecule has 2 aromatic rings. The summed E-state index contributed by atoms with van der Waals surface area (Å²) in [5.41, 5.74) is -0.337. The molecule has 1 unspecified atom stereocenters. The van der Waals surface area contributed by atoms with Gasteiger partial charge in [0.1, 0.15) is 0 Å². The van der Waals surface area contributed by atoms with Gasteiger partial charge in [0.25, 0.3) is 0 Å². The van der Waals surface area contributed by atoms with Gasteiger partial charge in [-0.2, -0.15) is 0 Å². The van der Waals surface area contributed by atoms with Gasteiger partial charge in [-0.25, -0.2) is 4.79 Å². The number of aliphatic hydroxyl groups is 1. The van der Waals surface area contributed by atoms with Crippen molar-refractivity contribution in [3.8, 4) is 0 Å². The third-order valence-electron chi connectivity index (χ3n) is 2.64. The normalized spacial score (nSPS) is 14.7. The van der Waals surface area contributed by atoms with Gasteiger partial charge in [-0.15, -0.1) is 0 Å². The Hall–Kier alpha value is -1.81. The van der Waals surface area contributed by atoms with Gasteiger partial charge in [-0.1, -0.05) is 18.2 Å². The topological polar surface area (TPSA) is 62.3 Å². The summed E-state index contributed by atoms with van der Waals surface area (Å²) in [5.74, 6) is -0.681. The Kier molecular flexibility index (Phi) is 2.44. The lowest BCUT2D eigenvalue weighted by molar-refractivity contribution is -0.161. The van der Waals surface area contributed by atoms with E-state index in [4.69, 9.17) is 0 Å². The zero-order chi connectivity index (χ0) is 11.8. The van der Waals surface area contributed by atoms with Crippen LogP contribution in [0.5, 0.6) is 0 Å². The summed E-state index contributed by atoms with van der Waals surface area (Å²) in [6, 6.07) is 9.31. The van der Waals surface area contributed by atoms with Gasteiger partial charge >= 0.3 is 5.97 Å². The van der Waals surface area contributed by atoms with E-state index in [9.17, 15) is 9.90 Å². The number of H-pyrrole nitrogens is 1. The molecule has 1 atom stereocenters. The minimum atomic E-state index is -1.65. The van der Waals surface area contributed by atoms with Crippen LogP contribution in [0.4, 0.5) is 0 Å². The van der Waals surface area contributed by atoms with Crippen molar-refractivity contribution in [1.82, 2.24) is 4.98 Å². The minimum absolute atomic E-state index is 0.431. The molecule has 0 aliphatic heterocycles. The summed E-state index contributed by atoms with van der Waals surface area (Å²) in [7, 11) is 1.25. The summed E-state index contributed by atoms with van der Waals surface area (Å²) in [5, 5.41) is 11.0. The Morgan fingerprint density at radius 3 is 2.75 bits per heavy atom. The lowest BCUT2D eigenvalue weighted by atomic mass is 10.0. The minimum Gasteiger partial charge on any atom is -0.467 e. The zero-order valence-electron chi connectivity index (χ0n) is 9.15. The number of ether oxygens (including phenoxy) is 1. The molecule has 2 N–H and O–H groups in total. The smallest absolute Gasteiger partial charge is 0.343 e. The van der Waals surface area contributed by atoms with Gasteiger partial charge in [-0.05, 0) is 24.4 Å². The van der Waals surface area contributed by atoms with Crippen LogP contribution in [-0.2, 0) is 15.1 Å².